The molecule has 0 amide bonds. The van der Waals surface area contributed by atoms with Gasteiger partial charge < -0.3 is 5.32 Å². The first kappa shape index (κ1) is 11.6. The highest BCUT2D eigenvalue weighted by Crippen LogP contribution is 2.20. The Balaban J connectivity index is 1.89. The molecule has 0 bridgehead atoms. The number of hydrogen-bond acceptors (Lipinski definition) is 3. The molecule has 1 aromatic heterocycles. The summed E-state index contributed by atoms with van der Waals surface area (Å²) in [6.07, 6.45) is 3.96. The highest BCUT2D eigenvalue weighted by Gasteiger charge is 2.23. The van der Waals surface area contributed by atoms with Gasteiger partial charge in [0.2, 0.25) is 0 Å². The molecule has 0 aliphatic carbocycles. The summed E-state index contributed by atoms with van der Waals surface area (Å²) in [5.41, 5.74) is 1.34. The summed E-state index contributed by atoms with van der Waals surface area (Å²) in [7, 11) is 0. The third-order valence-corrected chi connectivity index (χ3v) is 3.81. The molecule has 1 aromatic carbocycles. The summed E-state index contributed by atoms with van der Waals surface area (Å²) in [6, 6.07) is 9.19. The summed E-state index contributed by atoms with van der Waals surface area (Å²) in [5, 5.41) is 5.91. The number of fused-ring (bicyclic) bond motifs is 1. The molecule has 3 heteroatoms. The maximum atomic E-state index is 4.36. The van der Waals surface area contributed by atoms with Gasteiger partial charge in [0.25, 0.3) is 0 Å². The molecule has 1 N–H and O–H groups in total. The van der Waals surface area contributed by atoms with E-state index in [0.717, 1.165) is 26.2 Å². The van der Waals surface area contributed by atoms with E-state index < -0.39 is 0 Å². The Morgan fingerprint density at radius 2 is 2.11 bits per heavy atom. The van der Waals surface area contributed by atoms with Gasteiger partial charge >= 0.3 is 0 Å². The maximum absolute atomic E-state index is 4.36. The molecule has 18 heavy (non-hydrogen) atoms. The molecule has 0 spiro atoms. The van der Waals surface area contributed by atoms with Crippen molar-refractivity contribution < 1.29 is 0 Å². The van der Waals surface area contributed by atoms with E-state index in [2.05, 4.69) is 46.4 Å². The topological polar surface area (TPSA) is 28.2 Å². The fourth-order valence-electron chi connectivity index (χ4n) is 2.55. The Morgan fingerprint density at radius 3 is 2.83 bits per heavy atom. The van der Waals surface area contributed by atoms with Crippen LogP contribution in [0.1, 0.15) is 12.5 Å². The molecule has 0 saturated carbocycles. The van der Waals surface area contributed by atoms with Crippen molar-refractivity contribution in [1.82, 2.24) is 15.2 Å². The number of benzene rings is 1. The lowest BCUT2D eigenvalue weighted by Crippen LogP contribution is -2.56. The van der Waals surface area contributed by atoms with Gasteiger partial charge in [0.1, 0.15) is 0 Å². The predicted octanol–water partition coefficient (Wildman–Crippen LogP) is 2.03. The van der Waals surface area contributed by atoms with E-state index in [-0.39, 0.29) is 0 Å². The maximum Gasteiger partial charge on any atom is 0.0348 e. The SMILES string of the molecule is CCN(Cc1cncc2ccccc12)C1CNC1. The average molecular weight is 241 g/mol. The van der Waals surface area contributed by atoms with Crippen molar-refractivity contribution in [3.05, 3.63) is 42.2 Å². The van der Waals surface area contributed by atoms with Crippen LogP contribution in [0.25, 0.3) is 10.8 Å². The number of nitrogens with zero attached hydrogens (tertiary/aromatic N) is 2. The van der Waals surface area contributed by atoms with Crippen molar-refractivity contribution in [3.63, 3.8) is 0 Å². The molecule has 94 valence electrons. The van der Waals surface area contributed by atoms with E-state index in [1.807, 2.05) is 12.4 Å². The van der Waals surface area contributed by atoms with Crippen LogP contribution in [-0.2, 0) is 6.54 Å². The molecule has 0 radical (unpaired) electrons. The van der Waals surface area contributed by atoms with Crippen molar-refractivity contribution in [2.75, 3.05) is 19.6 Å². The van der Waals surface area contributed by atoms with Crippen LogP contribution in [0.2, 0.25) is 0 Å². The van der Waals surface area contributed by atoms with Crippen molar-refractivity contribution >= 4 is 10.8 Å². The third-order valence-electron chi connectivity index (χ3n) is 3.81. The lowest BCUT2D eigenvalue weighted by molar-refractivity contribution is 0.145. The van der Waals surface area contributed by atoms with E-state index in [1.165, 1.54) is 16.3 Å². The van der Waals surface area contributed by atoms with Gasteiger partial charge in [0.15, 0.2) is 0 Å². The normalized spacial score (nSPS) is 16.1. The zero-order chi connectivity index (χ0) is 12.4. The summed E-state index contributed by atoms with van der Waals surface area (Å²) in [4.78, 5) is 6.89. The second-order valence-corrected chi connectivity index (χ2v) is 4.89. The number of aromatic nitrogens is 1. The van der Waals surface area contributed by atoms with Gasteiger partial charge in [-0.15, -0.1) is 0 Å². The lowest BCUT2D eigenvalue weighted by atomic mass is 10.1. The van der Waals surface area contributed by atoms with E-state index in [9.17, 15) is 0 Å². The molecule has 1 saturated heterocycles. The van der Waals surface area contributed by atoms with Gasteiger partial charge in [-0.2, -0.15) is 0 Å². The van der Waals surface area contributed by atoms with Crippen molar-refractivity contribution in [2.45, 2.75) is 19.5 Å². The van der Waals surface area contributed by atoms with Crippen LogP contribution in [0.4, 0.5) is 0 Å². The molecule has 2 aromatic rings. The Morgan fingerprint density at radius 1 is 1.28 bits per heavy atom. The Labute approximate surface area is 108 Å². The monoisotopic (exact) mass is 241 g/mol. The zero-order valence-electron chi connectivity index (χ0n) is 10.8. The molecule has 1 aliphatic heterocycles. The molecule has 3 rings (SSSR count). The Hall–Kier alpha value is -1.45. The molecule has 1 fully saturated rings. The summed E-state index contributed by atoms with van der Waals surface area (Å²) in [6.45, 7) is 6.56. The summed E-state index contributed by atoms with van der Waals surface area (Å²) < 4.78 is 0. The fraction of sp³-hybridized carbons (Fsp3) is 0.400. The van der Waals surface area contributed by atoms with Gasteiger partial charge in [-0.1, -0.05) is 31.2 Å². The highest BCUT2D eigenvalue weighted by molar-refractivity contribution is 5.84. The van der Waals surface area contributed by atoms with Gasteiger partial charge in [-0.3, -0.25) is 9.88 Å². The Kier molecular flexibility index (Phi) is 3.26. The number of hydrogen-bond donors (Lipinski definition) is 1. The minimum absolute atomic E-state index is 0.689. The second kappa shape index (κ2) is 5.04. The first-order valence-corrected chi connectivity index (χ1v) is 6.65. The number of pyridine rings is 1. The van der Waals surface area contributed by atoms with Crippen LogP contribution >= 0.6 is 0 Å². The van der Waals surface area contributed by atoms with Crippen LogP contribution in [-0.4, -0.2) is 35.6 Å². The van der Waals surface area contributed by atoms with Crippen LogP contribution < -0.4 is 5.32 Å². The smallest absolute Gasteiger partial charge is 0.0348 e. The second-order valence-electron chi connectivity index (χ2n) is 4.89. The molecule has 3 nitrogen and oxygen atoms in total. The molecule has 0 unspecified atom stereocenters. The van der Waals surface area contributed by atoms with Crippen molar-refractivity contribution in [2.24, 2.45) is 0 Å². The van der Waals surface area contributed by atoms with Crippen molar-refractivity contribution in [1.29, 1.82) is 0 Å². The lowest BCUT2D eigenvalue weighted by Gasteiger charge is -2.37. The van der Waals surface area contributed by atoms with Gasteiger partial charge in [0.05, 0.1) is 0 Å². The largest absolute Gasteiger partial charge is 0.314 e. The fourth-order valence-corrected chi connectivity index (χ4v) is 2.55. The summed E-state index contributed by atoms with van der Waals surface area (Å²) >= 11 is 0. The van der Waals surface area contributed by atoms with Crippen LogP contribution in [0, 0.1) is 0 Å². The molecule has 1 aliphatic rings. The van der Waals surface area contributed by atoms with Gasteiger partial charge in [0, 0.05) is 43.5 Å². The van der Waals surface area contributed by atoms with Crippen molar-refractivity contribution in [3.8, 4) is 0 Å². The van der Waals surface area contributed by atoms with Gasteiger partial charge in [-0.05, 0) is 17.5 Å². The first-order chi connectivity index (χ1) is 8.88. The predicted molar refractivity (Wildman–Crippen MR) is 74.5 cm³/mol. The zero-order valence-corrected chi connectivity index (χ0v) is 10.8. The van der Waals surface area contributed by atoms with Crippen LogP contribution in [0.3, 0.4) is 0 Å². The summed E-state index contributed by atoms with van der Waals surface area (Å²) in [5.74, 6) is 0. The molecule has 0 atom stereocenters. The molecule has 2 heterocycles. The minimum Gasteiger partial charge on any atom is -0.314 e. The van der Waals surface area contributed by atoms with E-state index in [4.69, 9.17) is 0 Å². The van der Waals surface area contributed by atoms with Crippen LogP contribution in [0.15, 0.2) is 36.7 Å². The molecular formula is C15H19N3. The third kappa shape index (κ3) is 2.11. The van der Waals surface area contributed by atoms with Gasteiger partial charge in [-0.25, -0.2) is 0 Å². The van der Waals surface area contributed by atoms with E-state index in [0.29, 0.717) is 6.04 Å². The van der Waals surface area contributed by atoms with E-state index in [1.54, 1.807) is 0 Å². The number of likely N-dealkylation sites (N-methyl/N-ethyl adjacent to an activating group) is 1. The van der Waals surface area contributed by atoms with E-state index >= 15 is 0 Å². The molecular weight excluding hydrogens is 222 g/mol. The number of nitrogens with one attached hydrogen (secondary N) is 1. The quantitative estimate of drug-likeness (QED) is 0.887. The minimum atomic E-state index is 0.689. The highest BCUT2D eigenvalue weighted by atomic mass is 15.2. The Bertz CT molecular complexity index is 529. The average Bonchev–Trinajstić information content (AvgIpc) is 2.36. The standard InChI is InChI=1S/C15H19N3/c1-2-18(14-9-17-10-14)11-13-8-16-7-12-5-3-4-6-15(12)13/h3-8,14,17H,2,9-11H2,1H3. The first-order valence-electron chi connectivity index (χ1n) is 6.65. The number of rotatable bonds is 4. The van der Waals surface area contributed by atoms with Crippen LogP contribution in [0.5, 0.6) is 0 Å².